The molecule has 1 amide bonds. The zero-order valence-electron chi connectivity index (χ0n) is 10.7. The number of aromatic nitrogens is 2. The van der Waals surface area contributed by atoms with Gasteiger partial charge in [0.25, 0.3) is 0 Å². The van der Waals surface area contributed by atoms with E-state index in [1.54, 1.807) is 13.0 Å². The van der Waals surface area contributed by atoms with Crippen molar-refractivity contribution in [3.05, 3.63) is 28.9 Å². The van der Waals surface area contributed by atoms with E-state index in [0.29, 0.717) is 19.4 Å². The van der Waals surface area contributed by atoms with E-state index in [2.05, 4.69) is 10.3 Å². The van der Waals surface area contributed by atoms with Crippen molar-refractivity contribution in [2.24, 2.45) is 5.92 Å². The largest absolute Gasteiger partial charge is 0.481 e. The minimum absolute atomic E-state index is 0.0822. The van der Waals surface area contributed by atoms with Gasteiger partial charge in [0.1, 0.15) is 6.54 Å². The third kappa shape index (κ3) is 5.33. The lowest BCUT2D eigenvalue weighted by Crippen LogP contribution is -2.33. The van der Waals surface area contributed by atoms with E-state index in [-0.39, 0.29) is 12.5 Å². The second-order valence-electron chi connectivity index (χ2n) is 4.26. The Hall–Kier alpha value is -2.18. The molecule has 0 aliphatic carbocycles. The number of carboxylic acids is 1. The van der Waals surface area contributed by atoms with Crippen molar-refractivity contribution in [2.45, 2.75) is 26.3 Å². The Morgan fingerprint density at radius 2 is 2.26 bits per heavy atom. The smallest absolute Gasteiger partial charge is 0.347 e. The average Bonchev–Trinajstić information content (AvgIpc) is 2.37. The van der Waals surface area contributed by atoms with E-state index < -0.39 is 17.6 Å². The van der Waals surface area contributed by atoms with Gasteiger partial charge in [-0.2, -0.15) is 0 Å². The minimum atomic E-state index is -0.840. The molecule has 1 aromatic rings. The second-order valence-corrected chi connectivity index (χ2v) is 4.26. The predicted molar refractivity (Wildman–Crippen MR) is 67.5 cm³/mol. The number of carbonyl (C=O) groups is 2. The maximum absolute atomic E-state index is 11.5. The molecule has 0 radical (unpaired) electrons. The van der Waals surface area contributed by atoms with Gasteiger partial charge in [-0.25, -0.2) is 9.78 Å². The number of carbonyl (C=O) groups excluding carboxylic acids is 1. The molecule has 0 aliphatic rings. The summed E-state index contributed by atoms with van der Waals surface area (Å²) in [5.41, 5.74) is -0.475. The zero-order valence-corrected chi connectivity index (χ0v) is 10.7. The third-order valence-corrected chi connectivity index (χ3v) is 2.65. The number of nitrogens with one attached hydrogen (secondary N) is 1. The van der Waals surface area contributed by atoms with Crippen molar-refractivity contribution in [2.75, 3.05) is 6.54 Å². The molecule has 0 aromatic carbocycles. The molecule has 1 heterocycles. The van der Waals surface area contributed by atoms with Gasteiger partial charge in [0.2, 0.25) is 5.91 Å². The van der Waals surface area contributed by atoms with Crippen LogP contribution in [0.2, 0.25) is 0 Å². The molecular weight excluding hydrogens is 250 g/mol. The lowest BCUT2D eigenvalue weighted by molar-refractivity contribution is -0.141. The van der Waals surface area contributed by atoms with E-state index in [1.807, 2.05) is 0 Å². The average molecular weight is 267 g/mol. The molecule has 0 spiro atoms. The van der Waals surface area contributed by atoms with Crippen molar-refractivity contribution in [1.29, 1.82) is 0 Å². The normalized spacial score (nSPS) is 11.8. The first-order valence-electron chi connectivity index (χ1n) is 6.01. The highest BCUT2D eigenvalue weighted by Gasteiger charge is 2.10. The number of aliphatic carboxylic acids is 1. The molecule has 0 fully saturated rings. The van der Waals surface area contributed by atoms with Crippen LogP contribution < -0.4 is 11.0 Å². The van der Waals surface area contributed by atoms with Crippen LogP contribution in [-0.2, 0) is 16.1 Å². The summed E-state index contributed by atoms with van der Waals surface area (Å²) in [4.78, 5) is 36.9. The molecule has 0 saturated carbocycles. The van der Waals surface area contributed by atoms with Crippen LogP contribution in [0.1, 0.15) is 19.8 Å². The van der Waals surface area contributed by atoms with Crippen LogP contribution in [0, 0.1) is 5.92 Å². The summed E-state index contributed by atoms with van der Waals surface area (Å²) in [6, 6.07) is 1.57. The topological polar surface area (TPSA) is 101 Å². The number of rotatable bonds is 7. The number of hydrogen-bond acceptors (Lipinski definition) is 4. The molecule has 1 atom stereocenters. The number of amides is 1. The number of hydrogen-bond donors (Lipinski definition) is 2. The SMILES string of the molecule is CC(CCCNC(=O)Cn1cccnc1=O)C(=O)O. The highest BCUT2D eigenvalue weighted by molar-refractivity contribution is 5.75. The Morgan fingerprint density at radius 3 is 2.89 bits per heavy atom. The first-order valence-corrected chi connectivity index (χ1v) is 6.01. The van der Waals surface area contributed by atoms with E-state index in [0.717, 1.165) is 0 Å². The summed E-state index contributed by atoms with van der Waals surface area (Å²) in [6.07, 6.45) is 3.94. The highest BCUT2D eigenvalue weighted by atomic mass is 16.4. The van der Waals surface area contributed by atoms with E-state index in [1.165, 1.54) is 17.0 Å². The van der Waals surface area contributed by atoms with Crippen LogP contribution in [0.25, 0.3) is 0 Å². The van der Waals surface area contributed by atoms with E-state index in [4.69, 9.17) is 5.11 Å². The van der Waals surface area contributed by atoms with Crippen molar-refractivity contribution >= 4 is 11.9 Å². The van der Waals surface area contributed by atoms with E-state index >= 15 is 0 Å². The van der Waals surface area contributed by atoms with E-state index in [9.17, 15) is 14.4 Å². The molecule has 0 bridgehead atoms. The molecule has 0 aliphatic heterocycles. The maximum Gasteiger partial charge on any atom is 0.347 e. The molecule has 19 heavy (non-hydrogen) atoms. The van der Waals surface area contributed by atoms with Gasteiger partial charge in [0.05, 0.1) is 5.92 Å². The fourth-order valence-electron chi connectivity index (χ4n) is 1.48. The summed E-state index contributed by atoms with van der Waals surface area (Å²) in [7, 11) is 0. The van der Waals surface area contributed by atoms with Gasteiger partial charge < -0.3 is 10.4 Å². The Bertz CT molecular complexity index is 498. The first-order chi connectivity index (χ1) is 9.00. The predicted octanol–water partition coefficient (Wildman–Crippen LogP) is -0.140. The van der Waals surface area contributed by atoms with Crippen molar-refractivity contribution in [1.82, 2.24) is 14.9 Å². The quantitative estimate of drug-likeness (QED) is 0.670. The molecule has 1 aromatic heterocycles. The molecule has 1 rings (SSSR count). The summed E-state index contributed by atoms with van der Waals surface area (Å²) in [5.74, 6) is -1.55. The van der Waals surface area contributed by atoms with Gasteiger partial charge in [-0.15, -0.1) is 0 Å². The zero-order chi connectivity index (χ0) is 14.3. The standard InChI is InChI=1S/C12H17N3O4/c1-9(11(17)18)4-2-5-13-10(16)8-15-7-3-6-14-12(15)19/h3,6-7,9H,2,4-5,8H2,1H3,(H,13,16)(H,17,18). The van der Waals surface area contributed by atoms with Gasteiger partial charge in [-0.1, -0.05) is 6.92 Å². The molecule has 2 N–H and O–H groups in total. The monoisotopic (exact) mass is 267 g/mol. The molecule has 104 valence electrons. The summed E-state index contributed by atoms with van der Waals surface area (Å²) in [5, 5.41) is 11.3. The van der Waals surface area contributed by atoms with Crippen molar-refractivity contribution in [3.63, 3.8) is 0 Å². The van der Waals surface area contributed by atoms with Crippen molar-refractivity contribution in [3.8, 4) is 0 Å². The fraction of sp³-hybridized carbons (Fsp3) is 0.500. The molecule has 1 unspecified atom stereocenters. The second kappa shape index (κ2) is 7.30. The summed E-state index contributed by atoms with van der Waals surface area (Å²) >= 11 is 0. The fourth-order valence-corrected chi connectivity index (χ4v) is 1.48. The Balaban J connectivity index is 2.28. The van der Waals surface area contributed by atoms with Crippen LogP contribution >= 0.6 is 0 Å². The Labute approximate surface area is 110 Å². The van der Waals surface area contributed by atoms with Crippen LogP contribution in [0.15, 0.2) is 23.3 Å². The van der Waals surface area contributed by atoms with Crippen LogP contribution in [0.3, 0.4) is 0 Å². The van der Waals surface area contributed by atoms with Crippen LogP contribution in [0.4, 0.5) is 0 Å². The van der Waals surface area contributed by atoms with Gasteiger partial charge in [0.15, 0.2) is 0 Å². The van der Waals surface area contributed by atoms with Crippen molar-refractivity contribution < 1.29 is 14.7 Å². The highest BCUT2D eigenvalue weighted by Crippen LogP contribution is 2.03. The number of nitrogens with zero attached hydrogens (tertiary/aromatic N) is 2. The molecule has 7 heteroatoms. The lowest BCUT2D eigenvalue weighted by atomic mass is 10.1. The summed E-state index contributed by atoms with van der Waals surface area (Å²) in [6.45, 7) is 1.94. The summed E-state index contributed by atoms with van der Waals surface area (Å²) < 4.78 is 1.20. The van der Waals surface area contributed by atoms with Gasteiger partial charge in [0, 0.05) is 18.9 Å². The molecule has 0 saturated heterocycles. The maximum atomic E-state index is 11.5. The molecular formula is C12H17N3O4. The van der Waals surface area contributed by atoms with Gasteiger partial charge in [-0.3, -0.25) is 14.2 Å². The van der Waals surface area contributed by atoms with Gasteiger partial charge >= 0.3 is 11.7 Å². The Kier molecular flexibility index (Phi) is 5.72. The molecule has 7 nitrogen and oxygen atoms in total. The van der Waals surface area contributed by atoms with Gasteiger partial charge in [-0.05, 0) is 18.9 Å². The van der Waals surface area contributed by atoms with Crippen LogP contribution in [0.5, 0.6) is 0 Å². The number of carboxylic acid groups (broad SMARTS) is 1. The lowest BCUT2D eigenvalue weighted by Gasteiger charge is -2.08. The Morgan fingerprint density at radius 1 is 1.53 bits per heavy atom. The van der Waals surface area contributed by atoms with Crippen LogP contribution in [-0.4, -0.2) is 33.1 Å². The minimum Gasteiger partial charge on any atom is -0.481 e. The first kappa shape index (κ1) is 14.9. The third-order valence-electron chi connectivity index (χ3n) is 2.65.